The van der Waals surface area contributed by atoms with E-state index in [0.29, 0.717) is 45.6 Å². The molecule has 7 nitrogen and oxygen atoms in total. The van der Waals surface area contributed by atoms with Crippen LogP contribution >= 0.6 is 23.2 Å². The molecule has 0 saturated carbocycles. The second-order valence-corrected chi connectivity index (χ2v) is 7.90. The lowest BCUT2D eigenvalue weighted by molar-refractivity contribution is -0.139. The number of hydrazone groups is 1. The van der Waals surface area contributed by atoms with E-state index >= 15 is 0 Å². The van der Waals surface area contributed by atoms with Crippen LogP contribution in [0.1, 0.15) is 16.7 Å². The van der Waals surface area contributed by atoms with Crippen LogP contribution in [0.15, 0.2) is 71.8 Å². The number of nitrogens with zero attached hydrogens (tertiary/aromatic N) is 1. The highest BCUT2D eigenvalue weighted by Crippen LogP contribution is 2.31. The van der Waals surface area contributed by atoms with Crippen molar-refractivity contribution in [1.29, 1.82) is 0 Å². The molecule has 3 aromatic carbocycles. The highest BCUT2D eigenvalue weighted by atomic mass is 35.5. The van der Waals surface area contributed by atoms with E-state index in [1.807, 2.05) is 30.3 Å². The average Bonchev–Trinajstić information content (AvgIpc) is 2.84. The molecule has 2 N–H and O–H groups in total. The molecular formula is C25H23Cl2N3O4. The number of benzene rings is 3. The highest BCUT2D eigenvalue weighted by molar-refractivity contribution is 6.36. The number of nitrogens with one attached hydrogen (secondary N) is 2. The van der Waals surface area contributed by atoms with E-state index < -0.39 is 11.8 Å². The molecule has 0 aliphatic carbocycles. The van der Waals surface area contributed by atoms with E-state index in [1.165, 1.54) is 13.3 Å². The average molecular weight is 500 g/mol. The zero-order chi connectivity index (χ0) is 24.3. The minimum atomic E-state index is -0.854. The summed E-state index contributed by atoms with van der Waals surface area (Å²) in [4.78, 5) is 23.8. The Morgan fingerprint density at radius 1 is 0.941 bits per heavy atom. The zero-order valence-electron chi connectivity index (χ0n) is 18.4. The summed E-state index contributed by atoms with van der Waals surface area (Å²) in [5.41, 5.74) is 4.57. The van der Waals surface area contributed by atoms with Gasteiger partial charge in [-0.05, 0) is 47.9 Å². The third-order valence-corrected chi connectivity index (χ3v) is 5.46. The highest BCUT2D eigenvalue weighted by Gasteiger charge is 2.12. The maximum Gasteiger partial charge on any atom is 0.329 e. The monoisotopic (exact) mass is 499 g/mol. The fraction of sp³-hybridized carbons (Fsp3) is 0.160. The number of ether oxygens (including phenoxy) is 2. The van der Waals surface area contributed by atoms with Crippen molar-refractivity contribution in [2.45, 2.75) is 13.0 Å². The molecule has 0 bridgehead atoms. The van der Waals surface area contributed by atoms with Crippen molar-refractivity contribution in [2.24, 2.45) is 5.10 Å². The lowest BCUT2D eigenvalue weighted by Crippen LogP contribution is -2.38. The summed E-state index contributed by atoms with van der Waals surface area (Å²) in [5, 5.41) is 7.41. The Bertz CT molecular complexity index is 1150. The van der Waals surface area contributed by atoms with Crippen LogP contribution in [0.3, 0.4) is 0 Å². The van der Waals surface area contributed by atoms with Crippen molar-refractivity contribution in [3.8, 4) is 11.5 Å². The van der Waals surface area contributed by atoms with Gasteiger partial charge in [0.1, 0.15) is 6.61 Å². The first-order valence-electron chi connectivity index (χ1n) is 10.4. The molecule has 0 unspecified atom stereocenters. The molecule has 0 heterocycles. The predicted molar refractivity (Wildman–Crippen MR) is 133 cm³/mol. The number of halogens is 2. The molecule has 176 valence electrons. The Morgan fingerprint density at radius 3 is 2.38 bits per heavy atom. The largest absolute Gasteiger partial charge is 0.493 e. The molecule has 0 saturated heterocycles. The summed E-state index contributed by atoms with van der Waals surface area (Å²) < 4.78 is 11.2. The van der Waals surface area contributed by atoms with Crippen LogP contribution in [0.25, 0.3) is 0 Å². The fourth-order valence-electron chi connectivity index (χ4n) is 2.97. The van der Waals surface area contributed by atoms with E-state index in [0.717, 1.165) is 5.56 Å². The molecule has 0 aromatic heterocycles. The molecule has 34 heavy (non-hydrogen) atoms. The molecule has 3 aromatic rings. The third kappa shape index (κ3) is 7.23. The van der Waals surface area contributed by atoms with Gasteiger partial charge in [0.05, 0.1) is 13.3 Å². The summed E-state index contributed by atoms with van der Waals surface area (Å²) >= 11 is 12.4. The van der Waals surface area contributed by atoms with Crippen LogP contribution in [-0.4, -0.2) is 31.7 Å². The van der Waals surface area contributed by atoms with Crippen LogP contribution in [0.4, 0.5) is 0 Å². The quantitative estimate of drug-likeness (QED) is 0.259. The number of carbonyl (C=O) groups is 2. The molecule has 9 heteroatoms. The second-order valence-electron chi connectivity index (χ2n) is 7.09. The molecular weight excluding hydrogens is 477 g/mol. The number of methoxy groups -OCH3 is 1. The van der Waals surface area contributed by atoms with E-state index in [4.69, 9.17) is 32.7 Å². The summed E-state index contributed by atoms with van der Waals surface area (Å²) in [5.74, 6) is -0.671. The van der Waals surface area contributed by atoms with Crippen LogP contribution in [0, 0.1) is 0 Å². The van der Waals surface area contributed by atoms with Crippen molar-refractivity contribution >= 4 is 41.2 Å². The SMILES string of the molecule is COc1cc(/C=N\NC(=O)C(=O)NCCc2ccccc2)ccc1OCc1c(Cl)cccc1Cl. The van der Waals surface area contributed by atoms with Crippen molar-refractivity contribution in [1.82, 2.24) is 10.7 Å². The molecule has 0 radical (unpaired) electrons. The van der Waals surface area contributed by atoms with E-state index in [-0.39, 0.29) is 6.61 Å². The number of hydrogen-bond acceptors (Lipinski definition) is 5. The topological polar surface area (TPSA) is 89.0 Å². The molecule has 0 atom stereocenters. The molecule has 0 spiro atoms. The third-order valence-electron chi connectivity index (χ3n) is 4.75. The molecule has 0 aliphatic rings. The van der Waals surface area contributed by atoms with Gasteiger partial charge in [-0.2, -0.15) is 5.10 Å². The number of amides is 2. The lowest BCUT2D eigenvalue weighted by Gasteiger charge is -2.13. The molecule has 3 rings (SSSR count). The van der Waals surface area contributed by atoms with E-state index in [1.54, 1.807) is 36.4 Å². The van der Waals surface area contributed by atoms with Gasteiger partial charge >= 0.3 is 11.8 Å². The van der Waals surface area contributed by atoms with Crippen molar-refractivity contribution in [3.63, 3.8) is 0 Å². The predicted octanol–water partition coefficient (Wildman–Crippen LogP) is 4.39. The summed E-state index contributed by atoms with van der Waals surface area (Å²) in [6.07, 6.45) is 2.02. The second kappa shape index (κ2) is 12.6. The van der Waals surface area contributed by atoms with Gasteiger partial charge in [0.15, 0.2) is 11.5 Å². The molecule has 2 amide bonds. The van der Waals surface area contributed by atoms with Crippen LogP contribution in [-0.2, 0) is 22.6 Å². The van der Waals surface area contributed by atoms with Gasteiger partial charge in [-0.15, -0.1) is 0 Å². The first-order valence-corrected chi connectivity index (χ1v) is 11.1. The summed E-state index contributed by atoms with van der Waals surface area (Å²) in [7, 11) is 1.51. The normalized spacial score (nSPS) is 10.7. The number of hydrogen-bond donors (Lipinski definition) is 2. The summed E-state index contributed by atoms with van der Waals surface area (Å²) in [6, 6.07) is 20.0. The van der Waals surface area contributed by atoms with E-state index in [9.17, 15) is 9.59 Å². The van der Waals surface area contributed by atoms with Gasteiger partial charge in [0.2, 0.25) is 0 Å². The zero-order valence-corrected chi connectivity index (χ0v) is 19.9. The van der Waals surface area contributed by atoms with Crippen LogP contribution in [0.2, 0.25) is 10.0 Å². The van der Waals surface area contributed by atoms with Crippen LogP contribution < -0.4 is 20.2 Å². The van der Waals surface area contributed by atoms with Gasteiger partial charge < -0.3 is 14.8 Å². The number of rotatable bonds is 9. The van der Waals surface area contributed by atoms with Crippen LogP contribution in [0.5, 0.6) is 11.5 Å². The lowest BCUT2D eigenvalue weighted by atomic mass is 10.1. The molecule has 0 aliphatic heterocycles. The number of carbonyl (C=O) groups excluding carboxylic acids is 2. The minimum Gasteiger partial charge on any atom is -0.493 e. The minimum absolute atomic E-state index is 0.164. The Balaban J connectivity index is 1.51. The Kier molecular flexibility index (Phi) is 9.31. The maximum atomic E-state index is 11.9. The Hall–Kier alpha value is -3.55. The van der Waals surface area contributed by atoms with Gasteiger partial charge in [-0.1, -0.05) is 59.6 Å². The van der Waals surface area contributed by atoms with Crippen molar-refractivity contribution < 1.29 is 19.1 Å². The van der Waals surface area contributed by atoms with Gasteiger partial charge in [0.25, 0.3) is 0 Å². The fourth-order valence-corrected chi connectivity index (χ4v) is 3.47. The summed E-state index contributed by atoms with van der Waals surface area (Å²) in [6.45, 7) is 0.510. The smallest absolute Gasteiger partial charge is 0.329 e. The standard InChI is InChI=1S/C25H23Cl2N3O4/c1-33-23-14-18(10-11-22(23)34-16-19-20(26)8-5-9-21(19)27)15-29-30-25(32)24(31)28-13-12-17-6-3-2-4-7-17/h2-11,14-15H,12-13,16H2,1H3,(H,28,31)(H,30,32)/b29-15-. The maximum absolute atomic E-state index is 11.9. The Morgan fingerprint density at radius 2 is 1.68 bits per heavy atom. The Labute approximate surface area is 207 Å². The van der Waals surface area contributed by atoms with Gasteiger partial charge in [-0.3, -0.25) is 9.59 Å². The van der Waals surface area contributed by atoms with Crippen molar-refractivity contribution in [3.05, 3.63) is 93.5 Å². The van der Waals surface area contributed by atoms with Gasteiger partial charge in [-0.25, -0.2) is 5.43 Å². The first-order chi connectivity index (χ1) is 16.5. The first kappa shape index (κ1) is 25.1. The molecule has 0 fully saturated rings. The van der Waals surface area contributed by atoms with Crippen molar-refractivity contribution in [2.75, 3.05) is 13.7 Å². The van der Waals surface area contributed by atoms with E-state index in [2.05, 4.69) is 15.8 Å². The van der Waals surface area contributed by atoms with Gasteiger partial charge in [0, 0.05) is 22.2 Å².